The lowest BCUT2D eigenvalue weighted by atomic mass is 10.2. The molecule has 1 aromatic heterocycles. The molecular formula is C12H13NO5S. The average molecular weight is 283 g/mol. The van der Waals surface area contributed by atoms with Gasteiger partial charge in [-0.1, -0.05) is 11.3 Å². The molecule has 2 rings (SSSR count). The Hall–Kier alpha value is -2.02. The van der Waals surface area contributed by atoms with Gasteiger partial charge in [0, 0.05) is 12.1 Å². The molecule has 19 heavy (non-hydrogen) atoms. The topological polar surface area (TPSA) is 88.8 Å². The number of fused-ring (bicyclic) bond motifs is 1. The number of ether oxygens (including phenoxy) is 1. The van der Waals surface area contributed by atoms with Gasteiger partial charge in [-0.2, -0.15) is 0 Å². The van der Waals surface area contributed by atoms with Crippen molar-refractivity contribution in [2.24, 2.45) is 0 Å². The van der Waals surface area contributed by atoms with Gasteiger partial charge in [-0.15, -0.1) is 0 Å². The summed E-state index contributed by atoms with van der Waals surface area (Å²) in [4.78, 5) is 22.2. The Morgan fingerprint density at radius 2 is 2.11 bits per heavy atom. The summed E-state index contributed by atoms with van der Waals surface area (Å²) in [6.45, 7) is 5.19. The van der Waals surface area contributed by atoms with Crippen LogP contribution in [0.1, 0.15) is 20.8 Å². The predicted octanol–water partition coefficient (Wildman–Crippen LogP) is 2.91. The Bertz CT molecular complexity index is 679. The second kappa shape index (κ2) is 4.58. The summed E-state index contributed by atoms with van der Waals surface area (Å²) in [6, 6.07) is 2.74. The van der Waals surface area contributed by atoms with Gasteiger partial charge in [0.1, 0.15) is 11.4 Å². The van der Waals surface area contributed by atoms with Gasteiger partial charge in [0.2, 0.25) is 0 Å². The maximum Gasteiger partial charge on any atom is 0.412 e. The summed E-state index contributed by atoms with van der Waals surface area (Å²) in [7, 11) is 0. The number of carbonyl (C=O) groups excluding carboxylic acids is 1. The summed E-state index contributed by atoms with van der Waals surface area (Å²) in [5.74, 6) is -0.157. The molecule has 1 heterocycles. The molecule has 0 saturated heterocycles. The van der Waals surface area contributed by atoms with Gasteiger partial charge in [0.15, 0.2) is 5.58 Å². The van der Waals surface area contributed by atoms with Crippen molar-refractivity contribution in [3.63, 3.8) is 0 Å². The monoisotopic (exact) mass is 283 g/mol. The first-order valence-electron chi connectivity index (χ1n) is 5.51. The highest BCUT2D eigenvalue weighted by molar-refractivity contribution is 7.16. The molecule has 0 radical (unpaired) electrons. The van der Waals surface area contributed by atoms with Crippen molar-refractivity contribution in [3.05, 3.63) is 21.9 Å². The molecule has 0 bridgehead atoms. The Balaban J connectivity index is 2.27. The van der Waals surface area contributed by atoms with E-state index in [0.29, 0.717) is 10.3 Å². The van der Waals surface area contributed by atoms with E-state index in [1.165, 1.54) is 12.1 Å². The molecule has 2 aromatic rings. The first-order valence-corrected chi connectivity index (χ1v) is 6.33. The van der Waals surface area contributed by atoms with Gasteiger partial charge >= 0.3 is 11.0 Å². The lowest BCUT2D eigenvalue weighted by Crippen LogP contribution is -2.27. The molecule has 0 fully saturated rings. The highest BCUT2D eigenvalue weighted by Crippen LogP contribution is 2.31. The standard InChI is InChI=1S/C12H13NO5S/c1-12(2,3)18-10(15)13-6-4-8-9(5-7(6)14)19-11(16)17-8/h4-5,14H,1-3H3,(H,13,15). The van der Waals surface area contributed by atoms with Crippen molar-refractivity contribution in [1.29, 1.82) is 0 Å². The average Bonchev–Trinajstić information content (AvgIpc) is 2.55. The number of rotatable bonds is 1. The van der Waals surface area contributed by atoms with E-state index in [1.54, 1.807) is 20.8 Å². The number of phenols is 1. The summed E-state index contributed by atoms with van der Waals surface area (Å²) >= 11 is 0.878. The third-order valence-electron chi connectivity index (χ3n) is 2.08. The largest absolute Gasteiger partial charge is 0.506 e. The van der Waals surface area contributed by atoms with Crippen molar-refractivity contribution in [3.8, 4) is 5.75 Å². The van der Waals surface area contributed by atoms with Crippen LogP contribution in [0.4, 0.5) is 10.5 Å². The molecular weight excluding hydrogens is 270 g/mol. The molecule has 1 amide bonds. The number of amides is 1. The van der Waals surface area contributed by atoms with Crippen LogP contribution in [0.25, 0.3) is 10.3 Å². The Morgan fingerprint density at radius 1 is 1.42 bits per heavy atom. The quantitative estimate of drug-likeness (QED) is 0.785. The summed E-state index contributed by atoms with van der Waals surface area (Å²) in [5.41, 5.74) is -0.208. The molecule has 2 N–H and O–H groups in total. The smallest absolute Gasteiger partial charge is 0.412 e. The van der Waals surface area contributed by atoms with Crippen LogP contribution in [0.5, 0.6) is 5.75 Å². The third-order valence-corrected chi connectivity index (χ3v) is 2.87. The lowest BCUT2D eigenvalue weighted by molar-refractivity contribution is 0.0635. The van der Waals surface area contributed by atoms with E-state index >= 15 is 0 Å². The minimum Gasteiger partial charge on any atom is -0.506 e. The van der Waals surface area contributed by atoms with Gasteiger partial charge in [0.05, 0.1) is 10.4 Å². The number of phenolic OH excluding ortho intramolecular Hbond substituents is 1. The number of hydrogen-bond acceptors (Lipinski definition) is 6. The second-order valence-electron chi connectivity index (χ2n) is 4.90. The van der Waals surface area contributed by atoms with Crippen LogP contribution >= 0.6 is 11.3 Å². The molecule has 102 valence electrons. The molecule has 1 aromatic carbocycles. The van der Waals surface area contributed by atoms with E-state index in [9.17, 15) is 14.7 Å². The minimum atomic E-state index is -0.695. The van der Waals surface area contributed by atoms with Crippen LogP contribution < -0.4 is 10.3 Å². The minimum absolute atomic E-state index is 0.128. The Labute approximate surface area is 112 Å². The molecule has 0 unspecified atom stereocenters. The zero-order chi connectivity index (χ0) is 14.2. The molecule has 7 heteroatoms. The predicted molar refractivity (Wildman–Crippen MR) is 71.9 cm³/mol. The fourth-order valence-electron chi connectivity index (χ4n) is 1.42. The van der Waals surface area contributed by atoms with Gasteiger partial charge < -0.3 is 14.3 Å². The molecule has 6 nitrogen and oxygen atoms in total. The first kappa shape index (κ1) is 13.4. The molecule has 0 aliphatic carbocycles. The van der Waals surface area contributed by atoms with Crippen LogP contribution in [-0.4, -0.2) is 16.8 Å². The highest BCUT2D eigenvalue weighted by Gasteiger charge is 2.18. The van der Waals surface area contributed by atoms with Crippen LogP contribution in [0.2, 0.25) is 0 Å². The maximum absolute atomic E-state index is 11.6. The number of nitrogens with one attached hydrogen (secondary N) is 1. The highest BCUT2D eigenvalue weighted by atomic mass is 32.1. The Kier molecular flexibility index (Phi) is 3.23. The molecule has 0 atom stereocenters. The van der Waals surface area contributed by atoms with Gasteiger partial charge in [-0.05, 0) is 20.8 Å². The van der Waals surface area contributed by atoms with E-state index in [1.807, 2.05) is 0 Å². The van der Waals surface area contributed by atoms with Gasteiger partial charge in [0.25, 0.3) is 0 Å². The second-order valence-corrected chi connectivity index (χ2v) is 5.87. The molecule has 0 saturated carbocycles. The summed E-state index contributed by atoms with van der Waals surface area (Å²) in [6.07, 6.45) is -0.695. The lowest BCUT2D eigenvalue weighted by Gasteiger charge is -2.19. The van der Waals surface area contributed by atoms with Crippen molar-refractivity contribution < 1.29 is 19.1 Å². The third kappa shape index (κ3) is 3.25. The van der Waals surface area contributed by atoms with E-state index in [-0.39, 0.29) is 11.4 Å². The van der Waals surface area contributed by atoms with E-state index in [4.69, 9.17) is 9.15 Å². The van der Waals surface area contributed by atoms with Crippen molar-refractivity contribution in [2.45, 2.75) is 26.4 Å². The van der Waals surface area contributed by atoms with Crippen LogP contribution in [0, 0.1) is 0 Å². The van der Waals surface area contributed by atoms with Gasteiger partial charge in [-0.25, -0.2) is 9.59 Å². The van der Waals surface area contributed by atoms with Crippen LogP contribution in [0.15, 0.2) is 21.3 Å². The van der Waals surface area contributed by atoms with Gasteiger partial charge in [-0.3, -0.25) is 5.32 Å². The van der Waals surface area contributed by atoms with Crippen molar-refractivity contribution in [1.82, 2.24) is 0 Å². The maximum atomic E-state index is 11.6. The molecule has 0 spiro atoms. The molecule has 0 aliphatic heterocycles. The summed E-state index contributed by atoms with van der Waals surface area (Å²) in [5, 5.41) is 12.2. The molecule has 0 aliphatic rings. The zero-order valence-electron chi connectivity index (χ0n) is 10.6. The SMILES string of the molecule is CC(C)(C)OC(=O)Nc1cc2oc(=O)sc2cc1O. The number of anilines is 1. The van der Waals surface area contributed by atoms with Crippen molar-refractivity contribution >= 4 is 33.4 Å². The Morgan fingerprint density at radius 3 is 2.74 bits per heavy atom. The zero-order valence-corrected chi connectivity index (χ0v) is 11.5. The van der Waals surface area contributed by atoms with Crippen LogP contribution in [0.3, 0.4) is 0 Å². The normalized spacial score (nSPS) is 11.5. The van der Waals surface area contributed by atoms with Crippen molar-refractivity contribution in [2.75, 3.05) is 5.32 Å². The number of aromatic hydroxyl groups is 1. The van der Waals surface area contributed by atoms with E-state index in [2.05, 4.69) is 5.32 Å². The van der Waals surface area contributed by atoms with Crippen LogP contribution in [-0.2, 0) is 4.74 Å². The first-order chi connectivity index (χ1) is 8.74. The fraction of sp³-hybridized carbons (Fsp3) is 0.333. The fourth-order valence-corrected chi connectivity index (χ4v) is 2.11. The summed E-state index contributed by atoms with van der Waals surface area (Å²) < 4.78 is 10.5. The van der Waals surface area contributed by atoms with E-state index < -0.39 is 16.6 Å². The number of hydrogen-bond donors (Lipinski definition) is 2. The number of carbonyl (C=O) groups is 1. The van der Waals surface area contributed by atoms with E-state index in [0.717, 1.165) is 11.3 Å². The number of benzene rings is 1.